The highest BCUT2D eigenvalue weighted by atomic mass is 35.5. The van der Waals surface area contributed by atoms with Crippen LogP contribution >= 0.6 is 34.7 Å². The molecule has 1 aliphatic rings. The van der Waals surface area contributed by atoms with Gasteiger partial charge in [0.15, 0.2) is 9.84 Å². The first kappa shape index (κ1) is 23.6. The van der Waals surface area contributed by atoms with E-state index in [1.54, 1.807) is 29.5 Å². The van der Waals surface area contributed by atoms with Gasteiger partial charge in [0.25, 0.3) is 0 Å². The minimum Gasteiger partial charge on any atom is -0.296 e. The van der Waals surface area contributed by atoms with Crippen molar-refractivity contribution in [3.8, 4) is 26.7 Å². The van der Waals surface area contributed by atoms with Crippen LogP contribution in [-0.2, 0) is 16.4 Å². The maximum atomic E-state index is 12.0. The predicted molar refractivity (Wildman–Crippen MR) is 143 cm³/mol. The van der Waals surface area contributed by atoms with Crippen LogP contribution in [0.5, 0.6) is 0 Å². The number of thiophene rings is 1. The minimum absolute atomic E-state index is 0.322. The maximum absolute atomic E-state index is 12.0. The summed E-state index contributed by atoms with van der Waals surface area (Å²) >= 11 is 10.2. The van der Waals surface area contributed by atoms with Crippen molar-refractivity contribution in [3.63, 3.8) is 0 Å². The second kappa shape index (κ2) is 9.87. The van der Waals surface area contributed by atoms with Crippen LogP contribution in [0.25, 0.3) is 26.7 Å². The predicted octanol–water partition coefficient (Wildman–Crippen LogP) is 5.87. The SMILES string of the molecule is CS(=O)(=O)c1cccc(-c2ccc(-c3cc(CN4CCSCC4)nn3-c3ccccc3Cl)s2)c1. The largest absolute Gasteiger partial charge is 0.296 e. The number of halogens is 1. The Balaban J connectivity index is 1.54. The molecule has 2 aromatic heterocycles. The van der Waals surface area contributed by atoms with E-state index in [4.69, 9.17) is 16.7 Å². The molecule has 1 aliphatic heterocycles. The molecule has 0 bridgehead atoms. The summed E-state index contributed by atoms with van der Waals surface area (Å²) in [5.74, 6) is 2.30. The molecule has 0 unspecified atom stereocenters. The summed E-state index contributed by atoms with van der Waals surface area (Å²) in [7, 11) is -3.27. The summed E-state index contributed by atoms with van der Waals surface area (Å²) in [6, 6.07) is 21.1. The van der Waals surface area contributed by atoms with Gasteiger partial charge < -0.3 is 0 Å². The Hall–Kier alpha value is -2.10. The van der Waals surface area contributed by atoms with Crippen molar-refractivity contribution in [2.45, 2.75) is 11.4 Å². The molecule has 0 saturated carbocycles. The molecule has 5 nitrogen and oxygen atoms in total. The Kier molecular flexibility index (Phi) is 6.86. The molecule has 176 valence electrons. The van der Waals surface area contributed by atoms with Gasteiger partial charge in [0.1, 0.15) is 0 Å². The molecule has 2 aromatic carbocycles. The summed E-state index contributed by atoms with van der Waals surface area (Å²) in [4.78, 5) is 4.81. The monoisotopic (exact) mass is 529 g/mol. The number of nitrogens with zero attached hydrogens (tertiary/aromatic N) is 3. The van der Waals surface area contributed by atoms with Crippen molar-refractivity contribution < 1.29 is 8.42 Å². The van der Waals surface area contributed by atoms with Gasteiger partial charge in [-0.05, 0) is 48.0 Å². The third-order valence-electron chi connectivity index (χ3n) is 5.74. The van der Waals surface area contributed by atoms with Crippen LogP contribution in [-0.4, -0.2) is 53.9 Å². The third-order valence-corrected chi connectivity index (χ3v) is 9.26. The lowest BCUT2D eigenvalue weighted by atomic mass is 10.2. The standard InChI is InChI=1S/C25H24ClN3O2S3/c1-34(30,31)20-6-4-5-18(15-20)24-9-10-25(33-24)23-16-19(17-28-11-13-32-14-12-28)27-29(23)22-8-3-2-7-21(22)26/h2-10,15-16H,11-14,17H2,1H3. The number of hydrogen-bond acceptors (Lipinski definition) is 6. The maximum Gasteiger partial charge on any atom is 0.175 e. The van der Waals surface area contributed by atoms with Crippen LogP contribution in [0.4, 0.5) is 0 Å². The highest BCUT2D eigenvalue weighted by Gasteiger charge is 2.19. The first-order valence-corrected chi connectivity index (χ1v) is 15.2. The number of benzene rings is 2. The third kappa shape index (κ3) is 5.11. The van der Waals surface area contributed by atoms with Crippen LogP contribution in [0.3, 0.4) is 0 Å². The molecule has 0 aliphatic carbocycles. The number of thioether (sulfide) groups is 1. The molecule has 0 atom stereocenters. The highest BCUT2D eigenvalue weighted by molar-refractivity contribution is 7.99. The van der Waals surface area contributed by atoms with Gasteiger partial charge in [0.2, 0.25) is 0 Å². The van der Waals surface area contributed by atoms with Crippen LogP contribution < -0.4 is 0 Å². The Bertz CT molecular complexity index is 1420. The second-order valence-corrected chi connectivity index (χ2v) is 13.0. The van der Waals surface area contributed by atoms with E-state index < -0.39 is 9.84 Å². The fourth-order valence-corrected chi connectivity index (χ4v) is 6.85. The van der Waals surface area contributed by atoms with E-state index in [1.165, 1.54) is 6.26 Å². The van der Waals surface area contributed by atoms with E-state index in [2.05, 4.69) is 17.0 Å². The lowest BCUT2D eigenvalue weighted by Gasteiger charge is -2.25. The molecule has 0 N–H and O–H groups in total. The lowest BCUT2D eigenvalue weighted by Crippen LogP contribution is -2.32. The fraction of sp³-hybridized carbons (Fsp3) is 0.240. The average Bonchev–Trinajstić information content (AvgIpc) is 3.47. The number of rotatable bonds is 6. The van der Waals surface area contributed by atoms with E-state index in [1.807, 2.05) is 52.8 Å². The first-order valence-electron chi connectivity index (χ1n) is 10.9. The summed E-state index contributed by atoms with van der Waals surface area (Å²) in [5.41, 5.74) is 3.71. The summed E-state index contributed by atoms with van der Waals surface area (Å²) in [6.07, 6.45) is 1.23. The Morgan fingerprint density at radius 1 is 0.971 bits per heavy atom. The Morgan fingerprint density at radius 2 is 1.74 bits per heavy atom. The van der Waals surface area contributed by atoms with E-state index in [0.29, 0.717) is 9.92 Å². The molecule has 4 aromatic rings. The van der Waals surface area contributed by atoms with Gasteiger partial charge in [-0.25, -0.2) is 13.1 Å². The topological polar surface area (TPSA) is 55.2 Å². The van der Waals surface area contributed by atoms with Crippen molar-refractivity contribution in [2.75, 3.05) is 30.9 Å². The van der Waals surface area contributed by atoms with E-state index in [0.717, 1.165) is 63.5 Å². The smallest absolute Gasteiger partial charge is 0.175 e. The number of aromatic nitrogens is 2. The molecule has 1 saturated heterocycles. The van der Waals surface area contributed by atoms with Crippen molar-refractivity contribution >= 4 is 44.5 Å². The molecule has 3 heterocycles. The van der Waals surface area contributed by atoms with Crippen molar-refractivity contribution in [2.24, 2.45) is 0 Å². The first-order chi connectivity index (χ1) is 16.4. The Labute approximate surface area is 213 Å². The molecular formula is C25H24ClN3O2S3. The molecule has 9 heteroatoms. The average molecular weight is 530 g/mol. The van der Waals surface area contributed by atoms with Gasteiger partial charge in [-0.1, -0.05) is 35.9 Å². The molecule has 1 fully saturated rings. The van der Waals surface area contributed by atoms with Crippen LogP contribution in [0.2, 0.25) is 5.02 Å². The van der Waals surface area contributed by atoms with Gasteiger partial charge in [0, 0.05) is 42.3 Å². The summed E-state index contributed by atoms with van der Waals surface area (Å²) in [5, 5.41) is 5.60. The van der Waals surface area contributed by atoms with E-state index in [9.17, 15) is 8.42 Å². The van der Waals surface area contributed by atoms with E-state index >= 15 is 0 Å². The van der Waals surface area contributed by atoms with Crippen molar-refractivity contribution in [3.05, 3.63) is 77.4 Å². The molecule has 5 rings (SSSR count). The number of hydrogen-bond donors (Lipinski definition) is 0. The number of sulfone groups is 1. The Morgan fingerprint density at radius 3 is 2.50 bits per heavy atom. The zero-order valence-electron chi connectivity index (χ0n) is 18.6. The molecular weight excluding hydrogens is 506 g/mol. The van der Waals surface area contributed by atoms with Gasteiger partial charge in [-0.3, -0.25) is 4.90 Å². The normalized spacial score (nSPS) is 15.0. The minimum atomic E-state index is -3.27. The number of para-hydroxylation sites is 1. The van der Waals surface area contributed by atoms with Crippen molar-refractivity contribution in [1.29, 1.82) is 0 Å². The van der Waals surface area contributed by atoms with Gasteiger partial charge >= 0.3 is 0 Å². The van der Waals surface area contributed by atoms with Crippen LogP contribution in [0.15, 0.2) is 71.6 Å². The van der Waals surface area contributed by atoms with Gasteiger partial charge in [-0.2, -0.15) is 16.9 Å². The zero-order chi connectivity index (χ0) is 23.7. The summed E-state index contributed by atoms with van der Waals surface area (Å²) in [6.45, 7) is 2.94. The van der Waals surface area contributed by atoms with Gasteiger partial charge in [-0.15, -0.1) is 11.3 Å². The summed E-state index contributed by atoms with van der Waals surface area (Å²) < 4.78 is 26.0. The zero-order valence-corrected chi connectivity index (χ0v) is 21.9. The quantitative estimate of drug-likeness (QED) is 0.312. The van der Waals surface area contributed by atoms with Crippen LogP contribution in [0, 0.1) is 0 Å². The molecule has 0 spiro atoms. The van der Waals surface area contributed by atoms with Crippen LogP contribution in [0.1, 0.15) is 5.69 Å². The molecule has 0 radical (unpaired) electrons. The molecule has 0 amide bonds. The second-order valence-electron chi connectivity index (χ2n) is 8.24. The van der Waals surface area contributed by atoms with Gasteiger partial charge in [0.05, 0.1) is 31.9 Å². The molecule has 34 heavy (non-hydrogen) atoms. The fourth-order valence-electron chi connectivity index (χ4n) is 3.99. The van der Waals surface area contributed by atoms with Crippen molar-refractivity contribution in [1.82, 2.24) is 14.7 Å². The highest BCUT2D eigenvalue weighted by Crippen LogP contribution is 2.37. The lowest BCUT2D eigenvalue weighted by molar-refractivity contribution is 0.290. The van der Waals surface area contributed by atoms with E-state index in [-0.39, 0.29) is 0 Å².